The molecule has 1 atom stereocenters. The molecular formula is C14H30O3. The third-order valence-electron chi connectivity index (χ3n) is 2.62. The number of unbranched alkanes of at least 4 members (excludes halogenated alkanes) is 2. The van der Waals surface area contributed by atoms with Gasteiger partial charge < -0.3 is 14.2 Å². The Labute approximate surface area is 107 Å². The van der Waals surface area contributed by atoms with Crippen molar-refractivity contribution < 1.29 is 14.2 Å². The molecule has 0 aliphatic rings. The van der Waals surface area contributed by atoms with Gasteiger partial charge in [-0.2, -0.15) is 0 Å². The first-order valence-electron chi connectivity index (χ1n) is 7.12. The topological polar surface area (TPSA) is 27.7 Å². The van der Waals surface area contributed by atoms with Crippen LogP contribution in [0.2, 0.25) is 0 Å². The molecule has 0 aromatic carbocycles. The maximum atomic E-state index is 5.71. The van der Waals surface area contributed by atoms with Crippen LogP contribution in [0.1, 0.15) is 52.9 Å². The predicted molar refractivity (Wildman–Crippen MR) is 71.5 cm³/mol. The molecule has 3 heteroatoms. The summed E-state index contributed by atoms with van der Waals surface area (Å²) < 4.78 is 16.7. The summed E-state index contributed by atoms with van der Waals surface area (Å²) >= 11 is 0. The van der Waals surface area contributed by atoms with Crippen molar-refractivity contribution in [1.29, 1.82) is 0 Å². The lowest BCUT2D eigenvalue weighted by Gasteiger charge is -2.16. The summed E-state index contributed by atoms with van der Waals surface area (Å²) in [6.07, 6.45) is 5.90. The molecule has 0 aromatic heterocycles. The molecule has 0 N–H and O–H groups in total. The molecule has 0 aliphatic carbocycles. The summed E-state index contributed by atoms with van der Waals surface area (Å²) in [4.78, 5) is 0. The van der Waals surface area contributed by atoms with E-state index in [4.69, 9.17) is 14.2 Å². The fourth-order valence-electron chi connectivity index (χ4n) is 1.36. The number of rotatable bonds is 13. The average Bonchev–Trinajstić information content (AvgIpc) is 2.35. The smallest absolute Gasteiger partial charge is 0.0805 e. The fraction of sp³-hybridized carbons (Fsp3) is 1.00. The minimum atomic E-state index is 0.247. The molecule has 104 valence electrons. The van der Waals surface area contributed by atoms with Crippen LogP contribution in [-0.2, 0) is 14.2 Å². The van der Waals surface area contributed by atoms with E-state index < -0.39 is 0 Å². The molecule has 0 saturated heterocycles. The van der Waals surface area contributed by atoms with Crippen molar-refractivity contribution >= 4 is 0 Å². The van der Waals surface area contributed by atoms with Gasteiger partial charge in [-0.1, -0.05) is 33.6 Å². The van der Waals surface area contributed by atoms with Gasteiger partial charge in [-0.25, -0.2) is 0 Å². The Hall–Kier alpha value is -0.120. The molecule has 0 spiro atoms. The van der Waals surface area contributed by atoms with Crippen LogP contribution in [0.25, 0.3) is 0 Å². The number of hydrogen-bond acceptors (Lipinski definition) is 3. The summed E-state index contributed by atoms with van der Waals surface area (Å²) in [5.74, 6) is 0. The van der Waals surface area contributed by atoms with Crippen LogP contribution in [-0.4, -0.2) is 39.1 Å². The van der Waals surface area contributed by atoms with E-state index in [9.17, 15) is 0 Å². The van der Waals surface area contributed by atoms with Crippen LogP contribution in [0.3, 0.4) is 0 Å². The molecule has 17 heavy (non-hydrogen) atoms. The van der Waals surface area contributed by atoms with Crippen molar-refractivity contribution in [2.45, 2.75) is 59.0 Å². The van der Waals surface area contributed by atoms with Crippen molar-refractivity contribution in [3.63, 3.8) is 0 Å². The zero-order valence-corrected chi connectivity index (χ0v) is 11.9. The molecule has 0 bridgehead atoms. The van der Waals surface area contributed by atoms with Crippen molar-refractivity contribution in [2.75, 3.05) is 33.0 Å². The van der Waals surface area contributed by atoms with Gasteiger partial charge in [-0.15, -0.1) is 0 Å². The van der Waals surface area contributed by atoms with E-state index in [1.165, 1.54) is 12.8 Å². The highest BCUT2D eigenvalue weighted by atomic mass is 16.5. The minimum absolute atomic E-state index is 0.247. The van der Waals surface area contributed by atoms with E-state index in [1.54, 1.807) is 0 Å². The first kappa shape index (κ1) is 16.9. The minimum Gasteiger partial charge on any atom is -0.379 e. The van der Waals surface area contributed by atoms with Crippen LogP contribution >= 0.6 is 0 Å². The first-order chi connectivity index (χ1) is 8.35. The van der Waals surface area contributed by atoms with Crippen molar-refractivity contribution in [3.8, 4) is 0 Å². The largest absolute Gasteiger partial charge is 0.379 e. The van der Waals surface area contributed by atoms with E-state index in [2.05, 4.69) is 20.8 Å². The predicted octanol–water partition coefficient (Wildman–Crippen LogP) is 3.42. The van der Waals surface area contributed by atoms with Gasteiger partial charge in [-0.3, -0.25) is 0 Å². The van der Waals surface area contributed by atoms with Gasteiger partial charge in [0.05, 0.1) is 25.9 Å². The maximum Gasteiger partial charge on any atom is 0.0805 e. The standard InChI is InChI=1S/C14H30O3/c1-4-7-9-15-11-12-16-13-14(6-3)17-10-8-5-2/h14H,4-13H2,1-3H3. The Morgan fingerprint density at radius 1 is 0.765 bits per heavy atom. The Kier molecular flexibility index (Phi) is 13.8. The monoisotopic (exact) mass is 246 g/mol. The molecule has 0 aromatic rings. The molecule has 1 unspecified atom stereocenters. The SMILES string of the molecule is CCCCOCCOCC(CC)OCCCC. The molecule has 0 heterocycles. The fourth-order valence-corrected chi connectivity index (χ4v) is 1.36. The summed E-state index contributed by atoms with van der Waals surface area (Å²) in [5.41, 5.74) is 0. The van der Waals surface area contributed by atoms with Crippen LogP contribution in [0, 0.1) is 0 Å². The summed E-state index contributed by atoms with van der Waals surface area (Å²) in [6, 6.07) is 0. The lowest BCUT2D eigenvalue weighted by molar-refractivity contribution is -0.0332. The van der Waals surface area contributed by atoms with E-state index >= 15 is 0 Å². The van der Waals surface area contributed by atoms with Gasteiger partial charge in [0.2, 0.25) is 0 Å². The highest BCUT2D eigenvalue weighted by Gasteiger charge is 2.05. The van der Waals surface area contributed by atoms with Crippen LogP contribution in [0.4, 0.5) is 0 Å². The zero-order valence-electron chi connectivity index (χ0n) is 11.9. The summed E-state index contributed by atoms with van der Waals surface area (Å²) in [5, 5.41) is 0. The Morgan fingerprint density at radius 3 is 2.06 bits per heavy atom. The van der Waals surface area contributed by atoms with Crippen molar-refractivity contribution in [3.05, 3.63) is 0 Å². The van der Waals surface area contributed by atoms with Gasteiger partial charge in [0.1, 0.15) is 0 Å². The van der Waals surface area contributed by atoms with Crippen molar-refractivity contribution in [1.82, 2.24) is 0 Å². The molecule has 0 rings (SSSR count). The molecule has 0 saturated carbocycles. The highest BCUT2D eigenvalue weighted by molar-refractivity contribution is 4.53. The average molecular weight is 246 g/mol. The van der Waals surface area contributed by atoms with E-state index in [1.807, 2.05) is 0 Å². The zero-order chi connectivity index (χ0) is 12.8. The normalized spacial score (nSPS) is 12.9. The quantitative estimate of drug-likeness (QED) is 0.466. The second-order valence-electron chi connectivity index (χ2n) is 4.30. The molecule has 3 nitrogen and oxygen atoms in total. The third kappa shape index (κ3) is 12.1. The molecule has 0 fully saturated rings. The Morgan fingerprint density at radius 2 is 1.41 bits per heavy atom. The van der Waals surface area contributed by atoms with Gasteiger partial charge in [0, 0.05) is 13.2 Å². The summed E-state index contributed by atoms with van der Waals surface area (Å²) in [6.45, 7) is 10.3. The lowest BCUT2D eigenvalue weighted by Crippen LogP contribution is -2.21. The van der Waals surface area contributed by atoms with E-state index in [0.29, 0.717) is 19.8 Å². The van der Waals surface area contributed by atoms with Crippen LogP contribution in [0.5, 0.6) is 0 Å². The molecule has 0 amide bonds. The van der Waals surface area contributed by atoms with Crippen LogP contribution < -0.4 is 0 Å². The maximum absolute atomic E-state index is 5.71. The van der Waals surface area contributed by atoms with Gasteiger partial charge in [0.25, 0.3) is 0 Å². The van der Waals surface area contributed by atoms with Crippen LogP contribution in [0.15, 0.2) is 0 Å². The second kappa shape index (κ2) is 13.9. The molecule has 0 radical (unpaired) electrons. The lowest BCUT2D eigenvalue weighted by atomic mass is 10.3. The Bertz CT molecular complexity index is 139. The highest BCUT2D eigenvalue weighted by Crippen LogP contribution is 2.01. The molecular weight excluding hydrogens is 216 g/mol. The van der Waals surface area contributed by atoms with Gasteiger partial charge in [0.15, 0.2) is 0 Å². The van der Waals surface area contributed by atoms with E-state index in [0.717, 1.165) is 32.5 Å². The third-order valence-corrected chi connectivity index (χ3v) is 2.62. The number of ether oxygens (including phenoxy) is 3. The summed E-state index contributed by atoms with van der Waals surface area (Å²) in [7, 11) is 0. The van der Waals surface area contributed by atoms with Gasteiger partial charge in [-0.05, 0) is 19.3 Å². The Balaban J connectivity index is 3.25. The first-order valence-corrected chi connectivity index (χ1v) is 7.12. The second-order valence-corrected chi connectivity index (χ2v) is 4.30. The van der Waals surface area contributed by atoms with Gasteiger partial charge >= 0.3 is 0 Å². The van der Waals surface area contributed by atoms with E-state index in [-0.39, 0.29) is 6.10 Å². The van der Waals surface area contributed by atoms with Crippen molar-refractivity contribution in [2.24, 2.45) is 0 Å². The number of hydrogen-bond donors (Lipinski definition) is 0. The molecule has 0 aliphatic heterocycles.